The fraction of sp³-hybridized carbons (Fsp3) is 0.400. The zero-order chi connectivity index (χ0) is 13.8. The highest BCUT2D eigenvalue weighted by Crippen LogP contribution is 2.23. The lowest BCUT2D eigenvalue weighted by atomic mass is 10.1. The molecule has 102 valence electrons. The average Bonchev–Trinajstić information content (AvgIpc) is 2.40. The van der Waals surface area contributed by atoms with Crippen molar-refractivity contribution in [2.45, 2.75) is 20.3 Å². The molecular weight excluding hydrogens is 244 g/mol. The molecule has 1 heterocycles. The van der Waals surface area contributed by atoms with Crippen LogP contribution < -0.4 is 10.4 Å². The molecule has 0 aliphatic rings. The molecule has 0 fully saturated rings. The van der Waals surface area contributed by atoms with Crippen molar-refractivity contribution >= 4 is 11.0 Å². The predicted molar refractivity (Wildman–Crippen MR) is 73.6 cm³/mol. The molecule has 4 heteroatoms. The first kappa shape index (κ1) is 13.6. The van der Waals surface area contributed by atoms with E-state index in [2.05, 4.69) is 0 Å². The first-order valence-corrected chi connectivity index (χ1v) is 6.42. The number of hydrogen-bond acceptors (Lipinski definition) is 4. The van der Waals surface area contributed by atoms with Crippen LogP contribution in [0.1, 0.15) is 18.9 Å². The summed E-state index contributed by atoms with van der Waals surface area (Å²) >= 11 is 0. The summed E-state index contributed by atoms with van der Waals surface area (Å²) in [6.45, 7) is 4.49. The van der Waals surface area contributed by atoms with Gasteiger partial charge in [0, 0.05) is 24.0 Å². The Morgan fingerprint density at radius 2 is 2.16 bits per heavy atom. The molecule has 0 radical (unpaired) electrons. The highest BCUT2D eigenvalue weighted by Gasteiger charge is 2.07. The van der Waals surface area contributed by atoms with Crippen LogP contribution in [0.3, 0.4) is 0 Å². The number of rotatable bonds is 5. The van der Waals surface area contributed by atoms with Crippen molar-refractivity contribution in [2.75, 3.05) is 13.2 Å². The van der Waals surface area contributed by atoms with Crippen molar-refractivity contribution in [3.63, 3.8) is 0 Å². The van der Waals surface area contributed by atoms with E-state index in [4.69, 9.17) is 14.3 Å². The molecule has 1 N–H and O–H groups in total. The second kappa shape index (κ2) is 5.89. The Balaban J connectivity index is 2.24. The second-order valence-electron chi connectivity index (χ2n) is 4.67. The van der Waals surface area contributed by atoms with E-state index in [-0.39, 0.29) is 18.2 Å². The Morgan fingerprint density at radius 3 is 2.84 bits per heavy atom. The van der Waals surface area contributed by atoms with Crippen LogP contribution in [0.4, 0.5) is 0 Å². The first-order valence-electron chi connectivity index (χ1n) is 6.42. The highest BCUT2D eigenvalue weighted by atomic mass is 16.5. The van der Waals surface area contributed by atoms with Crippen molar-refractivity contribution in [3.8, 4) is 5.75 Å². The third kappa shape index (κ3) is 3.15. The minimum atomic E-state index is -0.343. The van der Waals surface area contributed by atoms with Gasteiger partial charge in [0.15, 0.2) is 0 Å². The molecule has 0 aliphatic heterocycles. The molecule has 4 nitrogen and oxygen atoms in total. The summed E-state index contributed by atoms with van der Waals surface area (Å²) in [5, 5.41) is 9.99. The minimum Gasteiger partial charge on any atom is -0.493 e. The predicted octanol–water partition coefficient (Wildman–Crippen LogP) is 2.50. The molecule has 0 saturated heterocycles. The first-order chi connectivity index (χ1) is 9.13. The molecule has 0 saturated carbocycles. The topological polar surface area (TPSA) is 59.7 Å². The Labute approximate surface area is 111 Å². The van der Waals surface area contributed by atoms with Gasteiger partial charge in [0.2, 0.25) is 0 Å². The van der Waals surface area contributed by atoms with Crippen molar-refractivity contribution in [1.82, 2.24) is 0 Å². The van der Waals surface area contributed by atoms with Crippen LogP contribution in [0.15, 0.2) is 33.5 Å². The molecule has 1 aromatic heterocycles. The summed E-state index contributed by atoms with van der Waals surface area (Å²) < 4.78 is 10.8. The van der Waals surface area contributed by atoms with Gasteiger partial charge in [-0.2, -0.15) is 0 Å². The fourth-order valence-electron chi connectivity index (χ4n) is 1.90. The number of aryl methyl sites for hydroxylation is 1. The summed E-state index contributed by atoms with van der Waals surface area (Å²) in [7, 11) is 0. The Bertz CT molecular complexity index is 611. The summed E-state index contributed by atoms with van der Waals surface area (Å²) in [4.78, 5) is 11.3. The van der Waals surface area contributed by atoms with Crippen LogP contribution >= 0.6 is 0 Å². The SMILES string of the molecule is CCC(CO)COc1ccc2oc(=O)cc(C)c2c1. The maximum absolute atomic E-state index is 11.3. The van der Waals surface area contributed by atoms with Gasteiger partial charge in [-0.25, -0.2) is 4.79 Å². The van der Waals surface area contributed by atoms with Crippen LogP contribution in [-0.4, -0.2) is 18.3 Å². The maximum atomic E-state index is 11.3. The smallest absolute Gasteiger partial charge is 0.336 e. The van der Waals surface area contributed by atoms with Crippen molar-refractivity contribution < 1.29 is 14.3 Å². The molecule has 2 aromatic rings. The van der Waals surface area contributed by atoms with Crippen LogP contribution in [0.2, 0.25) is 0 Å². The van der Waals surface area contributed by atoms with Gasteiger partial charge in [0.1, 0.15) is 11.3 Å². The molecule has 0 amide bonds. The van der Waals surface area contributed by atoms with E-state index < -0.39 is 0 Å². The molecule has 1 atom stereocenters. The molecule has 2 rings (SSSR count). The van der Waals surface area contributed by atoms with E-state index in [1.54, 1.807) is 12.1 Å². The van der Waals surface area contributed by atoms with Crippen LogP contribution in [0.25, 0.3) is 11.0 Å². The number of aliphatic hydroxyl groups is 1. The van der Waals surface area contributed by atoms with Gasteiger partial charge in [0.05, 0.1) is 6.61 Å². The quantitative estimate of drug-likeness (QED) is 0.841. The molecular formula is C15H18O4. The van der Waals surface area contributed by atoms with Crippen LogP contribution in [0, 0.1) is 12.8 Å². The zero-order valence-electron chi connectivity index (χ0n) is 11.2. The van der Waals surface area contributed by atoms with Crippen molar-refractivity contribution in [2.24, 2.45) is 5.92 Å². The average molecular weight is 262 g/mol. The normalized spacial score (nSPS) is 12.6. The molecule has 0 aliphatic carbocycles. The maximum Gasteiger partial charge on any atom is 0.336 e. The third-order valence-corrected chi connectivity index (χ3v) is 3.24. The summed E-state index contributed by atoms with van der Waals surface area (Å²) in [6, 6.07) is 6.83. The lowest BCUT2D eigenvalue weighted by molar-refractivity contribution is 0.160. The van der Waals surface area contributed by atoms with E-state index in [1.165, 1.54) is 6.07 Å². The van der Waals surface area contributed by atoms with E-state index in [0.717, 1.165) is 23.1 Å². The molecule has 0 bridgehead atoms. The summed E-state index contributed by atoms with van der Waals surface area (Å²) in [5.41, 5.74) is 1.09. The Morgan fingerprint density at radius 1 is 1.37 bits per heavy atom. The van der Waals surface area contributed by atoms with Gasteiger partial charge in [-0.3, -0.25) is 0 Å². The molecule has 1 aromatic carbocycles. The monoisotopic (exact) mass is 262 g/mol. The third-order valence-electron chi connectivity index (χ3n) is 3.24. The standard InChI is InChI=1S/C15H18O4/c1-3-11(8-16)9-18-12-4-5-14-13(7-12)10(2)6-15(17)19-14/h4-7,11,16H,3,8-9H2,1-2H3. The van der Waals surface area contributed by atoms with Crippen LogP contribution in [0.5, 0.6) is 5.75 Å². The van der Waals surface area contributed by atoms with Crippen molar-refractivity contribution in [3.05, 3.63) is 40.2 Å². The van der Waals surface area contributed by atoms with E-state index in [1.807, 2.05) is 19.9 Å². The fourth-order valence-corrected chi connectivity index (χ4v) is 1.90. The van der Waals surface area contributed by atoms with Gasteiger partial charge in [-0.05, 0) is 37.1 Å². The number of hydrogen-bond donors (Lipinski definition) is 1. The number of ether oxygens (including phenoxy) is 1. The highest BCUT2D eigenvalue weighted by molar-refractivity contribution is 5.81. The van der Waals surface area contributed by atoms with Crippen molar-refractivity contribution in [1.29, 1.82) is 0 Å². The molecule has 0 spiro atoms. The van der Waals surface area contributed by atoms with E-state index in [9.17, 15) is 4.79 Å². The largest absolute Gasteiger partial charge is 0.493 e. The van der Waals surface area contributed by atoms with Crippen LogP contribution in [-0.2, 0) is 0 Å². The summed E-state index contributed by atoms with van der Waals surface area (Å²) in [6.07, 6.45) is 0.873. The number of aliphatic hydroxyl groups excluding tert-OH is 1. The lowest BCUT2D eigenvalue weighted by Crippen LogP contribution is -2.14. The van der Waals surface area contributed by atoms with Gasteiger partial charge in [0.25, 0.3) is 0 Å². The molecule has 1 unspecified atom stereocenters. The minimum absolute atomic E-state index is 0.123. The second-order valence-corrected chi connectivity index (χ2v) is 4.67. The zero-order valence-corrected chi connectivity index (χ0v) is 11.2. The van der Waals surface area contributed by atoms with Gasteiger partial charge in [-0.15, -0.1) is 0 Å². The number of fused-ring (bicyclic) bond motifs is 1. The van der Waals surface area contributed by atoms with E-state index in [0.29, 0.717) is 12.2 Å². The van der Waals surface area contributed by atoms with Gasteiger partial charge >= 0.3 is 5.63 Å². The van der Waals surface area contributed by atoms with E-state index >= 15 is 0 Å². The van der Waals surface area contributed by atoms with Gasteiger partial charge in [-0.1, -0.05) is 6.92 Å². The molecule has 19 heavy (non-hydrogen) atoms. The number of benzene rings is 1. The van der Waals surface area contributed by atoms with Gasteiger partial charge < -0.3 is 14.3 Å². The Hall–Kier alpha value is -1.81. The Kier molecular flexibility index (Phi) is 4.22. The summed E-state index contributed by atoms with van der Waals surface area (Å²) in [5.74, 6) is 0.863. The lowest BCUT2D eigenvalue weighted by Gasteiger charge is -2.13.